The van der Waals surface area contributed by atoms with E-state index in [9.17, 15) is 0 Å². The Bertz CT molecular complexity index is 686. The van der Waals surface area contributed by atoms with Crippen LogP contribution in [-0.4, -0.2) is 29.2 Å². The van der Waals surface area contributed by atoms with Crippen molar-refractivity contribution < 1.29 is 4.74 Å². The van der Waals surface area contributed by atoms with Crippen LogP contribution >= 0.6 is 11.6 Å². The molecular weight excluding hydrogens is 312 g/mol. The Morgan fingerprint density at radius 1 is 1.26 bits per heavy atom. The van der Waals surface area contributed by atoms with Crippen molar-refractivity contribution in [2.24, 2.45) is 0 Å². The lowest BCUT2D eigenvalue weighted by atomic mass is 10.2. The molecule has 6 heteroatoms. The van der Waals surface area contributed by atoms with E-state index in [0.29, 0.717) is 5.95 Å². The van der Waals surface area contributed by atoms with Crippen molar-refractivity contribution >= 4 is 29.1 Å². The third-order valence-electron chi connectivity index (χ3n) is 3.81. The van der Waals surface area contributed by atoms with Crippen LogP contribution in [0.1, 0.15) is 24.1 Å². The lowest BCUT2D eigenvalue weighted by molar-refractivity contribution is 0.120. The van der Waals surface area contributed by atoms with Gasteiger partial charge in [0.25, 0.3) is 0 Å². The number of aryl methyl sites for hydroxylation is 2. The van der Waals surface area contributed by atoms with Crippen molar-refractivity contribution in [3.63, 3.8) is 0 Å². The Labute approximate surface area is 141 Å². The predicted octanol–water partition coefficient (Wildman–Crippen LogP) is 4.08. The van der Waals surface area contributed by atoms with Gasteiger partial charge in [-0.15, -0.1) is 0 Å². The summed E-state index contributed by atoms with van der Waals surface area (Å²) in [5, 5.41) is 7.27. The third kappa shape index (κ3) is 4.33. The first-order valence-corrected chi connectivity index (χ1v) is 8.22. The van der Waals surface area contributed by atoms with E-state index in [2.05, 4.69) is 20.6 Å². The maximum atomic E-state index is 6.17. The number of rotatable bonds is 5. The number of ether oxygens (including phenoxy) is 1. The fourth-order valence-electron chi connectivity index (χ4n) is 2.54. The minimum atomic E-state index is 0.256. The van der Waals surface area contributed by atoms with Crippen LogP contribution in [0.3, 0.4) is 0 Å². The second-order valence-corrected chi connectivity index (χ2v) is 6.23. The minimum Gasteiger partial charge on any atom is -0.376 e. The van der Waals surface area contributed by atoms with Crippen LogP contribution < -0.4 is 10.6 Å². The van der Waals surface area contributed by atoms with E-state index in [1.54, 1.807) is 0 Å². The second kappa shape index (κ2) is 7.15. The average molecular weight is 333 g/mol. The lowest BCUT2D eigenvalue weighted by Gasteiger charge is -2.13. The molecule has 0 bridgehead atoms. The average Bonchev–Trinajstić information content (AvgIpc) is 3.02. The van der Waals surface area contributed by atoms with Crippen LogP contribution in [0.2, 0.25) is 5.02 Å². The van der Waals surface area contributed by atoms with Gasteiger partial charge in [0.15, 0.2) is 0 Å². The predicted molar refractivity (Wildman–Crippen MR) is 93.7 cm³/mol. The largest absolute Gasteiger partial charge is 0.376 e. The minimum absolute atomic E-state index is 0.256. The molecule has 23 heavy (non-hydrogen) atoms. The molecule has 2 N–H and O–H groups in total. The molecule has 1 unspecified atom stereocenters. The molecule has 2 heterocycles. The van der Waals surface area contributed by atoms with E-state index in [1.807, 2.05) is 38.1 Å². The van der Waals surface area contributed by atoms with Gasteiger partial charge in [-0.25, -0.2) is 4.98 Å². The van der Waals surface area contributed by atoms with E-state index in [4.69, 9.17) is 16.3 Å². The van der Waals surface area contributed by atoms with Crippen molar-refractivity contribution in [3.8, 4) is 0 Å². The number of anilines is 3. The molecular formula is C17H21ClN4O. The zero-order valence-electron chi connectivity index (χ0n) is 13.4. The molecule has 1 aliphatic heterocycles. The quantitative estimate of drug-likeness (QED) is 0.864. The van der Waals surface area contributed by atoms with Crippen LogP contribution in [0.5, 0.6) is 0 Å². The van der Waals surface area contributed by atoms with Crippen molar-refractivity contribution in [2.75, 3.05) is 23.8 Å². The molecule has 122 valence electrons. The van der Waals surface area contributed by atoms with Gasteiger partial charge in [-0.2, -0.15) is 4.98 Å². The van der Waals surface area contributed by atoms with Gasteiger partial charge < -0.3 is 15.4 Å². The van der Waals surface area contributed by atoms with Gasteiger partial charge in [0.05, 0.1) is 6.10 Å². The highest BCUT2D eigenvalue weighted by Crippen LogP contribution is 2.23. The highest BCUT2D eigenvalue weighted by Gasteiger charge is 2.15. The number of halogens is 1. The van der Waals surface area contributed by atoms with E-state index < -0.39 is 0 Å². The molecule has 1 saturated heterocycles. The number of hydrogen-bond acceptors (Lipinski definition) is 5. The van der Waals surface area contributed by atoms with Gasteiger partial charge in [0, 0.05) is 35.6 Å². The Hall–Kier alpha value is -1.85. The first-order chi connectivity index (χ1) is 11.1. The summed E-state index contributed by atoms with van der Waals surface area (Å²) < 4.78 is 5.61. The fourth-order valence-corrected chi connectivity index (χ4v) is 2.72. The van der Waals surface area contributed by atoms with E-state index in [-0.39, 0.29) is 6.10 Å². The van der Waals surface area contributed by atoms with Crippen LogP contribution in [0.15, 0.2) is 24.3 Å². The van der Waals surface area contributed by atoms with Crippen molar-refractivity contribution in [1.82, 2.24) is 9.97 Å². The number of nitrogens with one attached hydrogen (secondary N) is 2. The third-order valence-corrected chi connectivity index (χ3v) is 4.22. The number of hydrogen-bond donors (Lipinski definition) is 2. The number of aromatic nitrogens is 2. The normalized spacial score (nSPS) is 17.3. The molecule has 1 aromatic carbocycles. The molecule has 2 aromatic rings. The smallest absolute Gasteiger partial charge is 0.224 e. The summed E-state index contributed by atoms with van der Waals surface area (Å²) in [5.74, 6) is 1.36. The summed E-state index contributed by atoms with van der Waals surface area (Å²) in [6, 6.07) is 7.77. The molecule has 0 aliphatic carbocycles. The Morgan fingerprint density at radius 2 is 2.13 bits per heavy atom. The Balaban J connectivity index is 1.70. The zero-order valence-corrected chi connectivity index (χ0v) is 14.2. The van der Waals surface area contributed by atoms with Crippen molar-refractivity contribution in [2.45, 2.75) is 32.8 Å². The molecule has 5 nitrogen and oxygen atoms in total. The van der Waals surface area contributed by atoms with Crippen LogP contribution in [-0.2, 0) is 4.74 Å². The molecule has 0 amide bonds. The van der Waals surface area contributed by atoms with Crippen molar-refractivity contribution in [3.05, 3.63) is 40.5 Å². The molecule has 1 aliphatic rings. The first kappa shape index (κ1) is 16.0. The van der Waals surface area contributed by atoms with Crippen LogP contribution in [0.25, 0.3) is 0 Å². The van der Waals surface area contributed by atoms with Crippen LogP contribution in [0.4, 0.5) is 17.5 Å². The van der Waals surface area contributed by atoms with Crippen LogP contribution in [0, 0.1) is 13.8 Å². The van der Waals surface area contributed by atoms with E-state index >= 15 is 0 Å². The van der Waals surface area contributed by atoms with Gasteiger partial charge in [-0.05, 0) is 44.4 Å². The topological polar surface area (TPSA) is 59.1 Å². The monoisotopic (exact) mass is 332 g/mol. The molecule has 0 radical (unpaired) electrons. The zero-order chi connectivity index (χ0) is 16.2. The Kier molecular flexibility index (Phi) is 4.98. The SMILES string of the molecule is Cc1cc(Nc2ccc(C)c(Cl)c2)nc(NCC2CCCO2)n1. The molecule has 1 aromatic heterocycles. The first-order valence-electron chi connectivity index (χ1n) is 7.84. The lowest BCUT2D eigenvalue weighted by Crippen LogP contribution is -2.20. The maximum absolute atomic E-state index is 6.17. The summed E-state index contributed by atoms with van der Waals surface area (Å²) in [5.41, 5.74) is 2.86. The van der Waals surface area contributed by atoms with Gasteiger partial charge in [-0.1, -0.05) is 17.7 Å². The van der Waals surface area contributed by atoms with E-state index in [1.165, 1.54) is 0 Å². The summed E-state index contributed by atoms with van der Waals surface area (Å²) >= 11 is 6.17. The molecule has 0 saturated carbocycles. The maximum Gasteiger partial charge on any atom is 0.224 e. The van der Waals surface area contributed by atoms with Crippen molar-refractivity contribution in [1.29, 1.82) is 0 Å². The van der Waals surface area contributed by atoms with Gasteiger partial charge in [0.1, 0.15) is 5.82 Å². The highest BCUT2D eigenvalue weighted by atomic mass is 35.5. The summed E-state index contributed by atoms with van der Waals surface area (Å²) in [6.07, 6.45) is 2.47. The number of benzene rings is 1. The Morgan fingerprint density at radius 3 is 2.87 bits per heavy atom. The molecule has 0 spiro atoms. The molecule has 3 rings (SSSR count). The summed E-state index contributed by atoms with van der Waals surface area (Å²) in [6.45, 7) is 5.52. The standard InChI is InChI=1S/C17H21ClN4O/c1-11-5-6-13(9-15(11)18)21-16-8-12(2)20-17(22-16)19-10-14-4-3-7-23-14/h5-6,8-9,14H,3-4,7,10H2,1-2H3,(H2,19,20,21,22). The molecule has 1 fully saturated rings. The second-order valence-electron chi connectivity index (χ2n) is 5.82. The highest BCUT2D eigenvalue weighted by molar-refractivity contribution is 6.31. The number of nitrogens with zero attached hydrogens (tertiary/aromatic N) is 2. The fraction of sp³-hybridized carbons (Fsp3) is 0.412. The molecule has 1 atom stereocenters. The van der Waals surface area contributed by atoms with E-state index in [0.717, 1.165) is 53.8 Å². The summed E-state index contributed by atoms with van der Waals surface area (Å²) in [4.78, 5) is 8.93. The van der Waals surface area contributed by atoms with Gasteiger partial charge in [-0.3, -0.25) is 0 Å². The van der Waals surface area contributed by atoms with Gasteiger partial charge in [0.2, 0.25) is 5.95 Å². The van der Waals surface area contributed by atoms with Gasteiger partial charge >= 0.3 is 0 Å². The summed E-state index contributed by atoms with van der Waals surface area (Å²) in [7, 11) is 0.